The number of ether oxygens (including phenoxy) is 1. The van der Waals surface area contributed by atoms with Gasteiger partial charge in [0.15, 0.2) is 5.82 Å². The molecule has 0 aliphatic rings. The van der Waals surface area contributed by atoms with Gasteiger partial charge in [-0.2, -0.15) is 4.31 Å². The second-order valence-corrected chi connectivity index (χ2v) is 5.81. The minimum absolute atomic E-state index is 0.0624. The molecule has 0 aliphatic carbocycles. The van der Waals surface area contributed by atoms with Crippen molar-refractivity contribution in [1.82, 2.24) is 4.31 Å². The highest BCUT2D eigenvalue weighted by Crippen LogP contribution is 2.24. The number of halogens is 2. The second kappa shape index (κ2) is 6.27. The van der Waals surface area contributed by atoms with Crippen LogP contribution in [0.15, 0.2) is 17.0 Å². The van der Waals surface area contributed by atoms with Crippen LogP contribution in [0.2, 0.25) is 0 Å². The van der Waals surface area contributed by atoms with E-state index >= 15 is 0 Å². The molecule has 8 heteroatoms. The van der Waals surface area contributed by atoms with Gasteiger partial charge in [-0.05, 0) is 19.1 Å². The lowest BCUT2D eigenvalue weighted by Crippen LogP contribution is -2.31. The number of hydrogen-bond acceptors (Lipinski definition) is 4. The van der Waals surface area contributed by atoms with E-state index in [4.69, 9.17) is 10.5 Å². The average molecular weight is 294 g/mol. The van der Waals surface area contributed by atoms with Crippen LogP contribution in [-0.4, -0.2) is 39.5 Å². The maximum Gasteiger partial charge on any atom is 0.245 e. The van der Waals surface area contributed by atoms with Crippen LogP contribution < -0.4 is 5.73 Å². The van der Waals surface area contributed by atoms with E-state index in [0.717, 1.165) is 16.4 Å². The SMILES string of the molecule is CCOCCN(C)S(=O)(=O)c1ccc(F)c(N)c1F. The summed E-state index contributed by atoms with van der Waals surface area (Å²) in [6.07, 6.45) is 0. The monoisotopic (exact) mass is 294 g/mol. The molecule has 1 aromatic rings. The Kier molecular flexibility index (Phi) is 5.21. The Labute approximate surface area is 111 Å². The van der Waals surface area contributed by atoms with Gasteiger partial charge in [0.25, 0.3) is 0 Å². The fourth-order valence-electron chi connectivity index (χ4n) is 1.37. The molecule has 0 bridgehead atoms. The summed E-state index contributed by atoms with van der Waals surface area (Å²) in [6.45, 7) is 2.47. The summed E-state index contributed by atoms with van der Waals surface area (Å²) in [5, 5.41) is 0. The molecule has 1 aromatic carbocycles. The van der Waals surface area contributed by atoms with Crippen LogP contribution in [0.4, 0.5) is 14.5 Å². The Morgan fingerprint density at radius 3 is 2.58 bits per heavy atom. The molecule has 0 heterocycles. The highest BCUT2D eigenvalue weighted by atomic mass is 32.2. The van der Waals surface area contributed by atoms with Crippen LogP contribution in [0.25, 0.3) is 0 Å². The third kappa shape index (κ3) is 3.40. The smallest absolute Gasteiger partial charge is 0.245 e. The van der Waals surface area contributed by atoms with Gasteiger partial charge in [0.1, 0.15) is 16.4 Å². The molecular weight excluding hydrogens is 278 g/mol. The molecule has 0 atom stereocenters. The van der Waals surface area contributed by atoms with Gasteiger partial charge < -0.3 is 10.5 Å². The molecule has 0 aromatic heterocycles. The van der Waals surface area contributed by atoms with E-state index in [2.05, 4.69) is 0 Å². The summed E-state index contributed by atoms with van der Waals surface area (Å²) < 4.78 is 56.8. The maximum atomic E-state index is 13.7. The first-order valence-electron chi connectivity index (χ1n) is 5.60. The molecule has 0 saturated carbocycles. The van der Waals surface area contributed by atoms with E-state index in [-0.39, 0.29) is 13.2 Å². The van der Waals surface area contributed by atoms with Gasteiger partial charge in [-0.15, -0.1) is 0 Å². The average Bonchev–Trinajstić information content (AvgIpc) is 2.35. The zero-order valence-corrected chi connectivity index (χ0v) is 11.5. The summed E-state index contributed by atoms with van der Waals surface area (Å²) in [5.74, 6) is -2.27. The molecule has 0 amide bonds. The van der Waals surface area contributed by atoms with Gasteiger partial charge in [-0.3, -0.25) is 0 Å². The molecule has 0 unspecified atom stereocenters. The first-order valence-corrected chi connectivity index (χ1v) is 7.04. The van der Waals surface area contributed by atoms with Crippen molar-refractivity contribution in [3.05, 3.63) is 23.8 Å². The summed E-state index contributed by atoms with van der Waals surface area (Å²) >= 11 is 0. The Balaban J connectivity index is 3.04. The molecule has 0 radical (unpaired) electrons. The molecule has 0 aliphatic heterocycles. The molecular formula is C11H16F2N2O3S. The molecule has 0 saturated heterocycles. The first-order chi connectivity index (χ1) is 8.82. The van der Waals surface area contributed by atoms with Crippen molar-refractivity contribution in [2.24, 2.45) is 0 Å². The molecule has 108 valence electrons. The van der Waals surface area contributed by atoms with Crippen molar-refractivity contribution in [3.8, 4) is 0 Å². The van der Waals surface area contributed by atoms with Crippen molar-refractivity contribution >= 4 is 15.7 Å². The second-order valence-electron chi connectivity index (χ2n) is 3.80. The predicted octanol–water partition coefficient (Wildman–Crippen LogP) is 1.20. The van der Waals surface area contributed by atoms with Gasteiger partial charge in [-0.1, -0.05) is 0 Å². The summed E-state index contributed by atoms with van der Waals surface area (Å²) in [4.78, 5) is -0.648. The van der Waals surface area contributed by atoms with Crippen LogP contribution in [-0.2, 0) is 14.8 Å². The number of nitrogens with zero attached hydrogens (tertiary/aromatic N) is 1. The molecule has 0 spiro atoms. The van der Waals surface area contributed by atoms with E-state index in [9.17, 15) is 17.2 Å². The Hall–Kier alpha value is -1.25. The third-order valence-corrected chi connectivity index (χ3v) is 4.41. The number of nitrogens with two attached hydrogens (primary N) is 1. The highest BCUT2D eigenvalue weighted by Gasteiger charge is 2.26. The summed E-state index contributed by atoms with van der Waals surface area (Å²) in [5.41, 5.74) is 4.34. The number of sulfonamides is 1. The lowest BCUT2D eigenvalue weighted by molar-refractivity contribution is 0.138. The first kappa shape index (κ1) is 15.8. The van der Waals surface area contributed by atoms with Crippen molar-refractivity contribution in [3.63, 3.8) is 0 Å². The zero-order valence-electron chi connectivity index (χ0n) is 10.7. The fraction of sp³-hybridized carbons (Fsp3) is 0.455. The standard InChI is InChI=1S/C11H16F2N2O3S/c1-3-18-7-6-15(2)19(16,17)9-5-4-8(12)11(14)10(9)13/h4-5H,3,6-7,14H2,1-2H3. The summed E-state index contributed by atoms with van der Waals surface area (Å²) in [6, 6.07) is 1.68. The maximum absolute atomic E-state index is 13.7. The number of nitrogen functional groups attached to an aromatic ring is 1. The van der Waals surface area contributed by atoms with E-state index in [1.54, 1.807) is 6.92 Å². The highest BCUT2D eigenvalue weighted by molar-refractivity contribution is 7.89. The van der Waals surface area contributed by atoms with Crippen molar-refractivity contribution in [1.29, 1.82) is 0 Å². The summed E-state index contributed by atoms with van der Waals surface area (Å²) in [7, 11) is -2.77. The largest absolute Gasteiger partial charge is 0.394 e. The fourth-order valence-corrected chi connectivity index (χ4v) is 2.60. The minimum atomic E-state index is -4.06. The number of anilines is 1. The van der Waals surface area contributed by atoms with E-state index < -0.39 is 32.2 Å². The van der Waals surface area contributed by atoms with Gasteiger partial charge >= 0.3 is 0 Å². The quantitative estimate of drug-likeness (QED) is 0.632. The van der Waals surface area contributed by atoms with E-state index in [0.29, 0.717) is 6.61 Å². The normalized spacial score (nSPS) is 12.1. The van der Waals surface area contributed by atoms with Gasteiger partial charge in [0.2, 0.25) is 10.0 Å². The third-order valence-electron chi connectivity index (χ3n) is 2.53. The topological polar surface area (TPSA) is 72.6 Å². The zero-order chi connectivity index (χ0) is 14.6. The van der Waals surface area contributed by atoms with E-state index in [1.807, 2.05) is 0 Å². The van der Waals surface area contributed by atoms with Crippen molar-refractivity contribution < 1.29 is 21.9 Å². The predicted molar refractivity (Wildman–Crippen MR) is 67.1 cm³/mol. The molecule has 19 heavy (non-hydrogen) atoms. The molecule has 5 nitrogen and oxygen atoms in total. The lowest BCUT2D eigenvalue weighted by Gasteiger charge is -2.17. The van der Waals surface area contributed by atoms with E-state index in [1.165, 1.54) is 7.05 Å². The Bertz CT molecular complexity index is 549. The van der Waals surface area contributed by atoms with Crippen LogP contribution in [0, 0.1) is 11.6 Å². The van der Waals surface area contributed by atoms with Crippen LogP contribution in [0.1, 0.15) is 6.92 Å². The van der Waals surface area contributed by atoms with Gasteiger partial charge in [0, 0.05) is 20.2 Å². The van der Waals surface area contributed by atoms with Gasteiger partial charge in [0.05, 0.1) is 6.61 Å². The van der Waals surface area contributed by atoms with Crippen LogP contribution >= 0.6 is 0 Å². The van der Waals surface area contributed by atoms with Crippen LogP contribution in [0.3, 0.4) is 0 Å². The van der Waals surface area contributed by atoms with Crippen LogP contribution in [0.5, 0.6) is 0 Å². The molecule has 2 N–H and O–H groups in total. The number of likely N-dealkylation sites (N-methyl/N-ethyl adjacent to an activating group) is 1. The lowest BCUT2D eigenvalue weighted by atomic mass is 10.3. The molecule has 0 fully saturated rings. The molecule has 1 rings (SSSR count). The van der Waals surface area contributed by atoms with Gasteiger partial charge in [-0.25, -0.2) is 17.2 Å². The minimum Gasteiger partial charge on any atom is -0.394 e. The van der Waals surface area contributed by atoms with Crippen molar-refractivity contribution in [2.75, 3.05) is 32.5 Å². The Morgan fingerprint density at radius 1 is 1.37 bits per heavy atom. The Morgan fingerprint density at radius 2 is 2.00 bits per heavy atom. The number of benzene rings is 1. The van der Waals surface area contributed by atoms with Crippen molar-refractivity contribution in [2.45, 2.75) is 11.8 Å². The number of hydrogen-bond donors (Lipinski definition) is 1. The number of rotatable bonds is 6.